The highest BCUT2D eigenvalue weighted by atomic mass is 79.9. The van der Waals surface area contributed by atoms with Gasteiger partial charge in [0.15, 0.2) is 12.4 Å². The molecule has 3 nitrogen and oxygen atoms in total. The maximum absolute atomic E-state index is 3.46. The SMILES string of the molecule is CC[n+]1cccc(C(c2c[nH]c3ccccc23)c2c[nH]c3ccccc23)c1.[Br-]. The molecule has 0 radical (unpaired) electrons. The van der Waals surface area contributed by atoms with Crippen LogP contribution in [0.3, 0.4) is 0 Å². The van der Waals surface area contributed by atoms with Crippen LogP contribution >= 0.6 is 0 Å². The summed E-state index contributed by atoms with van der Waals surface area (Å²) < 4.78 is 2.24. The molecule has 4 heteroatoms. The van der Waals surface area contributed by atoms with Gasteiger partial charge in [-0.25, -0.2) is 4.57 Å². The number of H-pyrrole nitrogens is 2. The third-order valence-electron chi connectivity index (χ3n) is 5.44. The molecular weight excluding hydrogens is 410 g/mol. The van der Waals surface area contributed by atoms with Gasteiger partial charge in [0, 0.05) is 51.7 Å². The molecule has 0 aliphatic carbocycles. The first-order chi connectivity index (χ1) is 13.3. The molecule has 2 N–H and O–H groups in total. The molecule has 0 spiro atoms. The van der Waals surface area contributed by atoms with E-state index in [1.807, 2.05) is 0 Å². The zero-order valence-corrected chi connectivity index (χ0v) is 17.3. The Bertz CT molecular complexity index is 1160. The van der Waals surface area contributed by atoms with E-state index < -0.39 is 0 Å². The fourth-order valence-corrected chi connectivity index (χ4v) is 4.10. The van der Waals surface area contributed by atoms with Crippen molar-refractivity contribution < 1.29 is 21.5 Å². The summed E-state index contributed by atoms with van der Waals surface area (Å²) in [6.45, 7) is 3.14. The lowest BCUT2D eigenvalue weighted by atomic mass is 9.85. The van der Waals surface area contributed by atoms with Gasteiger partial charge in [0.1, 0.15) is 6.54 Å². The average molecular weight is 432 g/mol. The minimum Gasteiger partial charge on any atom is -1.00 e. The number of rotatable bonds is 4. The van der Waals surface area contributed by atoms with Gasteiger partial charge in [-0.1, -0.05) is 36.4 Å². The fraction of sp³-hybridized carbons (Fsp3) is 0.125. The summed E-state index contributed by atoms with van der Waals surface area (Å²) >= 11 is 0. The van der Waals surface area contributed by atoms with Crippen molar-refractivity contribution in [3.63, 3.8) is 0 Å². The number of hydrogen-bond acceptors (Lipinski definition) is 0. The predicted octanol–water partition coefficient (Wildman–Crippen LogP) is 2.14. The van der Waals surface area contributed by atoms with Crippen LogP contribution in [0.15, 0.2) is 85.5 Å². The zero-order valence-electron chi connectivity index (χ0n) is 15.7. The summed E-state index contributed by atoms with van der Waals surface area (Å²) in [6.07, 6.45) is 8.74. The number of aryl methyl sites for hydroxylation is 1. The van der Waals surface area contributed by atoms with E-state index in [1.165, 1.54) is 38.5 Å². The summed E-state index contributed by atoms with van der Waals surface area (Å²) in [4.78, 5) is 6.92. The summed E-state index contributed by atoms with van der Waals surface area (Å²) in [5.41, 5.74) is 6.27. The second kappa shape index (κ2) is 7.64. The lowest BCUT2D eigenvalue weighted by Gasteiger charge is -2.16. The molecule has 3 aromatic heterocycles. The molecule has 28 heavy (non-hydrogen) atoms. The monoisotopic (exact) mass is 431 g/mol. The van der Waals surface area contributed by atoms with Crippen LogP contribution < -0.4 is 21.5 Å². The van der Waals surface area contributed by atoms with Gasteiger partial charge in [0.05, 0.1) is 0 Å². The van der Waals surface area contributed by atoms with Gasteiger partial charge in [-0.2, -0.15) is 0 Å². The van der Waals surface area contributed by atoms with Gasteiger partial charge < -0.3 is 26.9 Å². The highest BCUT2D eigenvalue weighted by Crippen LogP contribution is 2.38. The maximum atomic E-state index is 3.46. The number of nitrogens with zero attached hydrogens (tertiary/aromatic N) is 1. The summed E-state index contributed by atoms with van der Waals surface area (Å²) in [5, 5.41) is 2.55. The number of para-hydroxylation sites is 2. The number of pyridine rings is 1. The normalized spacial score (nSPS) is 11.2. The third kappa shape index (κ3) is 3.04. The highest BCUT2D eigenvalue weighted by Gasteiger charge is 2.24. The number of benzene rings is 2. The van der Waals surface area contributed by atoms with E-state index >= 15 is 0 Å². The number of halogens is 1. The first kappa shape index (κ1) is 18.5. The molecule has 0 unspecified atom stereocenters. The number of aromatic nitrogens is 3. The van der Waals surface area contributed by atoms with Crippen molar-refractivity contribution in [2.75, 3.05) is 0 Å². The first-order valence-electron chi connectivity index (χ1n) is 9.46. The molecule has 5 aromatic rings. The molecule has 5 rings (SSSR count). The van der Waals surface area contributed by atoms with Gasteiger partial charge in [-0.05, 0) is 36.2 Å². The summed E-state index contributed by atoms with van der Waals surface area (Å²) in [7, 11) is 0. The van der Waals surface area contributed by atoms with E-state index in [0.717, 1.165) is 6.54 Å². The van der Waals surface area contributed by atoms with Crippen LogP contribution in [0.2, 0.25) is 0 Å². The highest BCUT2D eigenvalue weighted by molar-refractivity contribution is 5.89. The number of hydrogen-bond donors (Lipinski definition) is 2. The fourth-order valence-electron chi connectivity index (χ4n) is 4.10. The lowest BCUT2D eigenvalue weighted by Crippen LogP contribution is -3.00. The van der Waals surface area contributed by atoms with Gasteiger partial charge in [-0.15, -0.1) is 0 Å². The van der Waals surface area contributed by atoms with Gasteiger partial charge in [-0.3, -0.25) is 0 Å². The quantitative estimate of drug-likeness (QED) is 0.409. The van der Waals surface area contributed by atoms with Crippen LogP contribution in [0.4, 0.5) is 0 Å². The molecule has 0 amide bonds. The Hall–Kier alpha value is -2.85. The van der Waals surface area contributed by atoms with Crippen LogP contribution in [0, 0.1) is 0 Å². The molecule has 3 heterocycles. The maximum Gasteiger partial charge on any atom is 0.172 e. The smallest absolute Gasteiger partial charge is 0.172 e. The van der Waals surface area contributed by atoms with E-state index in [2.05, 4.69) is 107 Å². The summed E-state index contributed by atoms with van der Waals surface area (Å²) in [5.74, 6) is 0.163. The molecule has 0 atom stereocenters. The predicted molar refractivity (Wildman–Crippen MR) is 110 cm³/mol. The van der Waals surface area contributed by atoms with Crippen molar-refractivity contribution in [1.82, 2.24) is 9.97 Å². The Morgan fingerprint density at radius 3 is 1.93 bits per heavy atom. The van der Waals surface area contributed by atoms with Crippen molar-refractivity contribution >= 4 is 21.8 Å². The van der Waals surface area contributed by atoms with Gasteiger partial charge in [0.2, 0.25) is 0 Å². The minimum absolute atomic E-state index is 0. The summed E-state index contributed by atoms with van der Waals surface area (Å²) in [6, 6.07) is 21.5. The minimum atomic E-state index is 0. The Morgan fingerprint density at radius 2 is 1.36 bits per heavy atom. The van der Waals surface area contributed by atoms with Crippen LogP contribution in [-0.4, -0.2) is 9.97 Å². The zero-order chi connectivity index (χ0) is 18.2. The average Bonchev–Trinajstić information content (AvgIpc) is 3.34. The topological polar surface area (TPSA) is 35.5 Å². The Balaban J connectivity index is 0.00000192. The first-order valence-corrected chi connectivity index (χ1v) is 9.46. The van der Waals surface area contributed by atoms with Crippen molar-refractivity contribution in [2.24, 2.45) is 0 Å². The molecule has 140 valence electrons. The van der Waals surface area contributed by atoms with Crippen molar-refractivity contribution in [2.45, 2.75) is 19.4 Å². The molecule has 0 saturated carbocycles. The van der Waals surface area contributed by atoms with Crippen molar-refractivity contribution in [3.05, 3.63) is 102 Å². The molecule has 0 saturated heterocycles. The lowest BCUT2D eigenvalue weighted by molar-refractivity contribution is -0.694. The van der Waals surface area contributed by atoms with E-state index in [-0.39, 0.29) is 22.9 Å². The second-order valence-electron chi connectivity index (χ2n) is 6.98. The Morgan fingerprint density at radius 1 is 0.786 bits per heavy atom. The number of nitrogens with one attached hydrogen (secondary N) is 2. The van der Waals surface area contributed by atoms with E-state index in [1.54, 1.807) is 0 Å². The number of fused-ring (bicyclic) bond motifs is 2. The van der Waals surface area contributed by atoms with Crippen molar-refractivity contribution in [3.8, 4) is 0 Å². The molecule has 2 aromatic carbocycles. The van der Waals surface area contributed by atoms with Crippen LogP contribution in [0.1, 0.15) is 29.5 Å². The van der Waals surface area contributed by atoms with Crippen molar-refractivity contribution in [1.29, 1.82) is 0 Å². The molecular formula is C24H22BrN3. The van der Waals surface area contributed by atoms with Crippen LogP contribution in [0.5, 0.6) is 0 Å². The van der Waals surface area contributed by atoms with E-state index in [4.69, 9.17) is 0 Å². The van der Waals surface area contributed by atoms with Gasteiger partial charge >= 0.3 is 0 Å². The van der Waals surface area contributed by atoms with Crippen LogP contribution in [-0.2, 0) is 6.54 Å². The largest absolute Gasteiger partial charge is 1.00 e. The van der Waals surface area contributed by atoms with E-state index in [9.17, 15) is 0 Å². The second-order valence-corrected chi connectivity index (χ2v) is 6.98. The standard InChI is InChI=1S/C24H22N3.BrH/c1-2-27-13-7-8-17(16-27)24(20-14-25-22-11-5-3-9-18(20)22)21-15-26-23-12-6-4-10-19(21)23;/h3-16,24-26H,2H2,1H3;1H/q+1;/p-1. The third-order valence-corrected chi connectivity index (χ3v) is 5.44. The number of aromatic amines is 2. The van der Waals surface area contributed by atoms with Gasteiger partial charge in [0.25, 0.3) is 0 Å². The molecule has 0 fully saturated rings. The molecule has 0 bridgehead atoms. The Kier molecular flexibility index (Phi) is 5.05. The molecule has 0 aliphatic rings. The van der Waals surface area contributed by atoms with Crippen LogP contribution in [0.25, 0.3) is 21.8 Å². The van der Waals surface area contributed by atoms with E-state index in [0.29, 0.717) is 0 Å². The Labute approximate surface area is 174 Å². The molecule has 0 aliphatic heterocycles.